The molecule has 1 heterocycles. The Morgan fingerprint density at radius 2 is 2.14 bits per heavy atom. The van der Waals surface area contributed by atoms with Gasteiger partial charge in [0.25, 0.3) is 5.91 Å². The van der Waals surface area contributed by atoms with Gasteiger partial charge in [-0.25, -0.2) is 4.21 Å². The molecule has 9 heteroatoms. The molecule has 0 fully saturated rings. The van der Waals surface area contributed by atoms with E-state index in [0.717, 1.165) is 11.3 Å². The van der Waals surface area contributed by atoms with Crippen LogP contribution >= 0.6 is 22.9 Å². The minimum atomic E-state index is -3.40. The molecule has 2 atom stereocenters. The van der Waals surface area contributed by atoms with Crippen LogP contribution in [0.2, 0.25) is 5.02 Å². The van der Waals surface area contributed by atoms with E-state index in [4.69, 9.17) is 17.3 Å². The fourth-order valence-electron chi connectivity index (χ4n) is 1.56. The van der Waals surface area contributed by atoms with Crippen molar-refractivity contribution in [3.05, 3.63) is 16.5 Å². The third-order valence-electron chi connectivity index (χ3n) is 2.36. The highest BCUT2D eigenvalue weighted by Crippen LogP contribution is 2.25. The highest BCUT2D eigenvalue weighted by Gasteiger charge is 2.22. The number of carbonyl (C=O) groups is 2. The van der Waals surface area contributed by atoms with Gasteiger partial charge in [-0.2, -0.15) is 0 Å². The molecule has 118 valence electrons. The highest BCUT2D eigenvalue weighted by molar-refractivity contribution is 7.94. The Kier molecular flexibility index (Phi) is 6.33. The molecule has 1 aromatic rings. The zero-order valence-electron chi connectivity index (χ0n) is 12.0. The Bertz CT molecular complexity index is 648. The summed E-state index contributed by atoms with van der Waals surface area (Å²) in [5.74, 6) is -1.06. The summed E-state index contributed by atoms with van der Waals surface area (Å²) < 4.78 is 18.9. The van der Waals surface area contributed by atoms with E-state index in [9.17, 15) is 13.8 Å². The Morgan fingerprint density at radius 1 is 1.52 bits per heavy atom. The summed E-state index contributed by atoms with van der Waals surface area (Å²) in [6.45, 7) is 5.03. The molecular formula is C12H18ClN3O3S2. The Hall–Kier alpha value is -0.960. The molecule has 21 heavy (non-hydrogen) atoms. The predicted molar refractivity (Wildman–Crippen MR) is 84.4 cm³/mol. The molecule has 1 aromatic heterocycles. The number of hydrogen-bond donors (Lipinski definition) is 2. The van der Waals surface area contributed by atoms with Crippen molar-refractivity contribution in [2.45, 2.75) is 37.4 Å². The zero-order chi connectivity index (χ0) is 16.2. The molecule has 3 N–H and O–H groups in total. The second-order valence-electron chi connectivity index (χ2n) is 4.93. The van der Waals surface area contributed by atoms with Gasteiger partial charge in [0.15, 0.2) is 9.92 Å². The lowest BCUT2D eigenvalue weighted by Gasteiger charge is -2.12. The third kappa shape index (κ3) is 5.39. The van der Waals surface area contributed by atoms with Gasteiger partial charge < -0.3 is 5.73 Å². The van der Waals surface area contributed by atoms with Crippen LogP contribution in [0.1, 0.15) is 27.2 Å². The Balaban J connectivity index is 3.19. The molecule has 0 aliphatic rings. The van der Waals surface area contributed by atoms with Gasteiger partial charge >= 0.3 is 0 Å². The monoisotopic (exact) mass is 351 g/mol. The van der Waals surface area contributed by atoms with Gasteiger partial charge in [-0.15, -0.1) is 15.7 Å². The van der Waals surface area contributed by atoms with Gasteiger partial charge in [0.2, 0.25) is 5.91 Å². The molecule has 6 nitrogen and oxygen atoms in total. The summed E-state index contributed by atoms with van der Waals surface area (Å²) >= 11 is 6.85. The molecule has 0 spiro atoms. The van der Waals surface area contributed by atoms with Gasteiger partial charge in [-0.1, -0.05) is 25.4 Å². The first-order valence-corrected chi connectivity index (χ1v) is 9.00. The molecular weight excluding hydrogens is 334 g/mol. The SMILES string of the molecule is CC(=O)NS(=O)(=NC(=O)[C@@H](N)CC(C)C)c1cc(Cl)cs1. The Labute approximate surface area is 133 Å². The smallest absolute Gasteiger partial charge is 0.272 e. The number of rotatable bonds is 5. The maximum Gasteiger partial charge on any atom is 0.272 e. The summed E-state index contributed by atoms with van der Waals surface area (Å²) in [5.41, 5.74) is 5.74. The fraction of sp³-hybridized carbons (Fsp3) is 0.500. The van der Waals surface area contributed by atoms with Gasteiger partial charge in [0.05, 0.1) is 11.1 Å². The second kappa shape index (κ2) is 7.35. The number of nitrogens with zero attached hydrogens (tertiary/aromatic N) is 1. The van der Waals surface area contributed by atoms with Crippen molar-refractivity contribution in [3.63, 3.8) is 0 Å². The quantitative estimate of drug-likeness (QED) is 0.848. The van der Waals surface area contributed by atoms with Crippen LogP contribution in [0.3, 0.4) is 0 Å². The molecule has 0 saturated carbocycles. The van der Waals surface area contributed by atoms with Crippen LogP contribution in [-0.2, 0) is 19.5 Å². The van der Waals surface area contributed by atoms with Crippen molar-refractivity contribution in [2.75, 3.05) is 0 Å². The van der Waals surface area contributed by atoms with E-state index in [1.807, 2.05) is 13.8 Å². The largest absolute Gasteiger partial charge is 0.320 e. The lowest BCUT2D eigenvalue weighted by Crippen LogP contribution is -2.34. The second-order valence-corrected chi connectivity index (χ2v) is 8.42. The van der Waals surface area contributed by atoms with E-state index < -0.39 is 27.8 Å². The maximum absolute atomic E-state index is 12.8. The van der Waals surface area contributed by atoms with Crippen LogP contribution in [0.4, 0.5) is 0 Å². The normalized spacial score (nSPS) is 15.3. The summed E-state index contributed by atoms with van der Waals surface area (Å²) in [6.07, 6.45) is 0.420. The van der Waals surface area contributed by atoms with Crippen LogP contribution in [0, 0.1) is 5.92 Å². The van der Waals surface area contributed by atoms with E-state index in [1.54, 1.807) is 5.38 Å². The van der Waals surface area contributed by atoms with E-state index in [2.05, 4.69) is 9.08 Å². The third-order valence-corrected chi connectivity index (χ3v) is 6.06. The van der Waals surface area contributed by atoms with Gasteiger partial charge in [0.1, 0.15) is 4.21 Å². The van der Waals surface area contributed by atoms with Crippen molar-refractivity contribution in [1.82, 2.24) is 4.72 Å². The van der Waals surface area contributed by atoms with E-state index in [1.165, 1.54) is 13.0 Å². The van der Waals surface area contributed by atoms with Crippen LogP contribution in [0.25, 0.3) is 0 Å². The molecule has 0 saturated heterocycles. The predicted octanol–water partition coefficient (Wildman–Crippen LogP) is 2.18. The first-order chi connectivity index (χ1) is 9.64. The summed E-state index contributed by atoms with van der Waals surface area (Å²) in [7, 11) is -3.40. The van der Waals surface area contributed by atoms with Crippen LogP contribution in [-0.4, -0.2) is 22.1 Å². The lowest BCUT2D eigenvalue weighted by molar-refractivity contribution is -0.119. The van der Waals surface area contributed by atoms with Gasteiger partial charge in [0, 0.05) is 12.3 Å². The van der Waals surface area contributed by atoms with Crippen molar-refractivity contribution >= 4 is 44.7 Å². The van der Waals surface area contributed by atoms with E-state index >= 15 is 0 Å². The number of amides is 2. The molecule has 0 aliphatic heterocycles. The zero-order valence-corrected chi connectivity index (χ0v) is 14.3. The van der Waals surface area contributed by atoms with Gasteiger partial charge in [-0.05, 0) is 18.4 Å². The number of halogens is 1. The molecule has 1 unspecified atom stereocenters. The van der Waals surface area contributed by atoms with Gasteiger partial charge in [-0.3, -0.25) is 14.3 Å². The van der Waals surface area contributed by atoms with Crippen molar-refractivity contribution in [3.8, 4) is 0 Å². The molecule has 2 amide bonds. The standard InChI is InChI=1S/C12H18ClN3O3S2/c1-7(2)4-10(14)12(18)16-21(19,15-8(3)17)11-5-9(13)6-20-11/h5-7,10H,4,14H2,1-3H3,(H,15,16,17,18,19)/t10-,21?/m0/s1. The average molecular weight is 352 g/mol. The summed E-state index contributed by atoms with van der Waals surface area (Å²) in [6, 6.07) is 0.560. The topological polar surface area (TPSA) is 102 Å². The minimum absolute atomic E-state index is 0.201. The molecule has 0 aromatic carbocycles. The van der Waals surface area contributed by atoms with Crippen LogP contribution in [0.5, 0.6) is 0 Å². The van der Waals surface area contributed by atoms with E-state index in [-0.39, 0.29) is 10.1 Å². The number of nitrogens with two attached hydrogens (primary N) is 1. The van der Waals surface area contributed by atoms with Crippen molar-refractivity contribution in [1.29, 1.82) is 0 Å². The summed E-state index contributed by atoms with van der Waals surface area (Å²) in [5, 5.41) is 1.91. The minimum Gasteiger partial charge on any atom is -0.320 e. The number of hydrogen-bond acceptors (Lipinski definition) is 5. The number of thiophene rings is 1. The highest BCUT2D eigenvalue weighted by atomic mass is 35.5. The Morgan fingerprint density at radius 3 is 2.57 bits per heavy atom. The molecule has 0 radical (unpaired) electrons. The maximum atomic E-state index is 12.8. The summed E-state index contributed by atoms with van der Waals surface area (Å²) in [4.78, 5) is 23.3. The molecule has 0 aliphatic carbocycles. The number of carbonyl (C=O) groups excluding carboxylic acids is 2. The first-order valence-electron chi connectivity index (χ1n) is 6.23. The van der Waals surface area contributed by atoms with Crippen molar-refractivity contribution < 1.29 is 13.8 Å². The molecule has 0 bridgehead atoms. The van der Waals surface area contributed by atoms with Crippen molar-refractivity contribution in [2.24, 2.45) is 16.0 Å². The van der Waals surface area contributed by atoms with E-state index in [0.29, 0.717) is 11.4 Å². The number of nitrogens with one attached hydrogen (secondary N) is 1. The average Bonchev–Trinajstić information content (AvgIpc) is 2.74. The lowest BCUT2D eigenvalue weighted by atomic mass is 10.0. The fourth-order valence-corrected chi connectivity index (χ4v) is 4.62. The molecule has 1 rings (SSSR count). The first kappa shape index (κ1) is 18.1. The van der Waals surface area contributed by atoms with Crippen LogP contribution < -0.4 is 10.5 Å². The van der Waals surface area contributed by atoms with Crippen LogP contribution in [0.15, 0.2) is 20.0 Å².